The number of amides is 1. The van der Waals surface area contributed by atoms with Crippen molar-refractivity contribution in [1.82, 2.24) is 5.32 Å². The maximum Gasteiger partial charge on any atom is 0.287 e. The zero-order valence-electron chi connectivity index (χ0n) is 10.2. The number of hydrogen-bond acceptors (Lipinski definition) is 4. The second-order valence-electron chi connectivity index (χ2n) is 3.81. The molecule has 1 unspecified atom stereocenters. The lowest BCUT2D eigenvalue weighted by Gasteiger charge is -2.05. The van der Waals surface area contributed by atoms with Gasteiger partial charge in [-0.25, -0.2) is 0 Å². The SMILES string of the molecule is CS(=O)CCCNC(=O)c1ccc([N+](=O)[O-])c(Cl)c1. The van der Waals surface area contributed by atoms with Gasteiger partial charge in [-0.1, -0.05) is 11.6 Å². The van der Waals surface area contributed by atoms with E-state index in [4.69, 9.17) is 11.6 Å². The smallest absolute Gasteiger partial charge is 0.287 e. The van der Waals surface area contributed by atoms with Gasteiger partial charge in [0.2, 0.25) is 0 Å². The first-order chi connectivity index (χ1) is 8.91. The molecule has 0 saturated heterocycles. The maximum atomic E-state index is 11.7. The van der Waals surface area contributed by atoms with Gasteiger partial charge in [-0.15, -0.1) is 0 Å². The van der Waals surface area contributed by atoms with Gasteiger partial charge in [-0.2, -0.15) is 0 Å². The van der Waals surface area contributed by atoms with Crippen LogP contribution in [0.3, 0.4) is 0 Å². The van der Waals surface area contributed by atoms with E-state index in [-0.39, 0.29) is 22.2 Å². The molecule has 1 N–H and O–H groups in total. The fraction of sp³-hybridized carbons (Fsp3) is 0.364. The van der Waals surface area contributed by atoms with Crippen LogP contribution in [0.25, 0.3) is 0 Å². The Kier molecular flexibility index (Phi) is 5.91. The molecule has 0 aromatic heterocycles. The Morgan fingerprint density at radius 1 is 1.53 bits per heavy atom. The van der Waals surface area contributed by atoms with E-state index in [1.54, 1.807) is 6.26 Å². The number of benzene rings is 1. The van der Waals surface area contributed by atoms with Crippen molar-refractivity contribution in [2.75, 3.05) is 18.6 Å². The third kappa shape index (κ3) is 4.96. The lowest BCUT2D eigenvalue weighted by Crippen LogP contribution is -2.25. The van der Waals surface area contributed by atoms with Crippen molar-refractivity contribution in [3.8, 4) is 0 Å². The van der Waals surface area contributed by atoms with E-state index in [1.165, 1.54) is 18.2 Å². The van der Waals surface area contributed by atoms with E-state index in [1.807, 2.05) is 0 Å². The van der Waals surface area contributed by atoms with Crippen LogP contribution < -0.4 is 5.32 Å². The molecule has 0 bridgehead atoms. The standard InChI is InChI=1S/C11H13ClN2O4S/c1-19(18)6-2-5-13-11(15)8-3-4-10(14(16)17)9(12)7-8/h3-4,7H,2,5-6H2,1H3,(H,13,15). The van der Waals surface area contributed by atoms with Crippen LogP contribution in [0, 0.1) is 10.1 Å². The molecule has 0 aliphatic heterocycles. The Bertz CT molecular complexity index is 521. The third-order valence-electron chi connectivity index (χ3n) is 2.30. The fourth-order valence-corrected chi connectivity index (χ4v) is 2.18. The number of nitro groups is 1. The summed E-state index contributed by atoms with van der Waals surface area (Å²) in [6.07, 6.45) is 2.20. The van der Waals surface area contributed by atoms with Crippen molar-refractivity contribution in [2.24, 2.45) is 0 Å². The third-order valence-corrected chi connectivity index (χ3v) is 3.47. The topological polar surface area (TPSA) is 89.3 Å². The van der Waals surface area contributed by atoms with Crippen molar-refractivity contribution in [3.05, 3.63) is 38.9 Å². The molecule has 1 rings (SSSR count). The molecular weight excluding hydrogens is 292 g/mol. The molecule has 8 heteroatoms. The van der Waals surface area contributed by atoms with Crippen LogP contribution in [0.1, 0.15) is 16.8 Å². The maximum absolute atomic E-state index is 11.7. The quantitative estimate of drug-likeness (QED) is 0.492. The van der Waals surface area contributed by atoms with Crippen LogP contribution in [0.5, 0.6) is 0 Å². The van der Waals surface area contributed by atoms with Crippen LogP contribution in [0.4, 0.5) is 5.69 Å². The Hall–Kier alpha value is -1.47. The van der Waals surface area contributed by atoms with Gasteiger partial charge < -0.3 is 5.32 Å². The first-order valence-electron chi connectivity index (χ1n) is 5.44. The highest BCUT2D eigenvalue weighted by atomic mass is 35.5. The second-order valence-corrected chi connectivity index (χ2v) is 5.77. The number of carbonyl (C=O) groups excluding carboxylic acids is 1. The lowest BCUT2D eigenvalue weighted by atomic mass is 10.2. The molecule has 6 nitrogen and oxygen atoms in total. The molecule has 1 atom stereocenters. The number of carbonyl (C=O) groups is 1. The molecular formula is C11H13ClN2O4S. The summed E-state index contributed by atoms with van der Waals surface area (Å²) >= 11 is 5.71. The van der Waals surface area contributed by atoms with Gasteiger partial charge in [0.05, 0.1) is 4.92 Å². The number of nitrogens with one attached hydrogen (secondary N) is 1. The molecule has 19 heavy (non-hydrogen) atoms. The molecule has 0 aliphatic rings. The minimum absolute atomic E-state index is 0.0766. The van der Waals surface area contributed by atoms with E-state index < -0.39 is 15.7 Å². The molecule has 0 radical (unpaired) electrons. The monoisotopic (exact) mass is 304 g/mol. The van der Waals surface area contributed by atoms with Gasteiger partial charge in [0, 0.05) is 41.0 Å². The summed E-state index contributed by atoms with van der Waals surface area (Å²) in [5.74, 6) is 0.153. The van der Waals surface area contributed by atoms with Gasteiger partial charge >= 0.3 is 0 Å². The second kappa shape index (κ2) is 7.20. The normalized spacial score (nSPS) is 11.9. The van der Waals surface area contributed by atoms with Crippen LogP contribution in [0.2, 0.25) is 5.02 Å². The summed E-state index contributed by atoms with van der Waals surface area (Å²) < 4.78 is 10.8. The molecule has 0 aliphatic carbocycles. The Morgan fingerprint density at radius 3 is 2.74 bits per heavy atom. The largest absolute Gasteiger partial charge is 0.352 e. The van der Waals surface area contributed by atoms with Gasteiger partial charge in [0.25, 0.3) is 11.6 Å². The van der Waals surface area contributed by atoms with Crippen LogP contribution in [0.15, 0.2) is 18.2 Å². The van der Waals surface area contributed by atoms with Crippen LogP contribution in [-0.4, -0.2) is 33.6 Å². The summed E-state index contributed by atoms with van der Waals surface area (Å²) in [5.41, 5.74) is 0.0211. The Balaban J connectivity index is 2.60. The van der Waals surface area contributed by atoms with E-state index in [0.29, 0.717) is 18.7 Å². The van der Waals surface area contributed by atoms with Gasteiger partial charge in [0.15, 0.2) is 0 Å². The van der Waals surface area contributed by atoms with Gasteiger partial charge in [-0.05, 0) is 18.6 Å². The minimum Gasteiger partial charge on any atom is -0.352 e. The predicted molar refractivity (Wildman–Crippen MR) is 74.0 cm³/mol. The highest BCUT2D eigenvalue weighted by Gasteiger charge is 2.14. The molecule has 104 valence electrons. The zero-order chi connectivity index (χ0) is 14.4. The molecule has 0 saturated carbocycles. The number of nitro benzene ring substituents is 1. The van der Waals surface area contributed by atoms with Crippen molar-refractivity contribution < 1.29 is 13.9 Å². The molecule has 0 fully saturated rings. The first kappa shape index (κ1) is 15.6. The van der Waals surface area contributed by atoms with E-state index >= 15 is 0 Å². The zero-order valence-corrected chi connectivity index (χ0v) is 11.8. The van der Waals surface area contributed by atoms with E-state index in [2.05, 4.69) is 5.32 Å². The number of hydrogen-bond donors (Lipinski definition) is 1. The van der Waals surface area contributed by atoms with Crippen molar-refractivity contribution in [1.29, 1.82) is 0 Å². The number of nitrogens with zero attached hydrogens (tertiary/aromatic N) is 1. The lowest BCUT2D eigenvalue weighted by molar-refractivity contribution is -0.384. The summed E-state index contributed by atoms with van der Waals surface area (Å²) in [6.45, 7) is 0.396. The summed E-state index contributed by atoms with van der Waals surface area (Å²) in [4.78, 5) is 21.7. The average molecular weight is 305 g/mol. The highest BCUT2D eigenvalue weighted by molar-refractivity contribution is 7.84. The fourth-order valence-electron chi connectivity index (χ4n) is 1.38. The Labute approximate surface area is 117 Å². The first-order valence-corrected chi connectivity index (χ1v) is 7.54. The van der Waals surface area contributed by atoms with Crippen molar-refractivity contribution >= 4 is 34.0 Å². The molecule has 0 spiro atoms. The van der Waals surface area contributed by atoms with Crippen molar-refractivity contribution in [2.45, 2.75) is 6.42 Å². The average Bonchev–Trinajstić information content (AvgIpc) is 2.33. The van der Waals surface area contributed by atoms with Crippen molar-refractivity contribution in [3.63, 3.8) is 0 Å². The summed E-state index contributed by atoms with van der Waals surface area (Å²) in [5, 5.41) is 13.1. The van der Waals surface area contributed by atoms with Gasteiger partial charge in [0.1, 0.15) is 5.02 Å². The molecule has 1 aromatic rings. The summed E-state index contributed by atoms with van der Waals surface area (Å²) in [7, 11) is -0.884. The van der Waals surface area contributed by atoms with E-state index in [9.17, 15) is 19.1 Å². The molecule has 1 aromatic carbocycles. The Morgan fingerprint density at radius 2 is 2.21 bits per heavy atom. The minimum atomic E-state index is -0.884. The van der Waals surface area contributed by atoms with Crippen LogP contribution >= 0.6 is 11.6 Å². The summed E-state index contributed by atoms with van der Waals surface area (Å²) in [6, 6.07) is 3.79. The highest BCUT2D eigenvalue weighted by Crippen LogP contribution is 2.24. The number of rotatable bonds is 6. The molecule has 0 heterocycles. The predicted octanol–water partition coefficient (Wildman–Crippen LogP) is 1.75. The number of halogens is 1. The van der Waals surface area contributed by atoms with Crippen LogP contribution in [-0.2, 0) is 10.8 Å². The molecule has 1 amide bonds. The van der Waals surface area contributed by atoms with Gasteiger partial charge in [-0.3, -0.25) is 19.1 Å². The van der Waals surface area contributed by atoms with E-state index in [0.717, 1.165) is 0 Å².